The average Bonchev–Trinajstić information content (AvgIpc) is 3.13. The summed E-state index contributed by atoms with van der Waals surface area (Å²) in [6.45, 7) is 8.90. The quantitative estimate of drug-likeness (QED) is 0.312. The largest absolute Gasteiger partial charge is 0.456 e. The minimum absolute atomic E-state index is 0.253. The lowest BCUT2D eigenvalue weighted by Gasteiger charge is -2.20. The molecule has 0 saturated heterocycles. The lowest BCUT2D eigenvalue weighted by Crippen LogP contribution is -2.44. The van der Waals surface area contributed by atoms with Crippen molar-refractivity contribution in [2.24, 2.45) is 0 Å². The minimum Gasteiger partial charge on any atom is -0.456 e. The van der Waals surface area contributed by atoms with Crippen molar-refractivity contribution in [1.29, 1.82) is 0 Å². The standard InChI is InChI=1S/C22H22N2O5/c1-5-10-23-13(2)11-18(14(23)3)19(25)12-29-22(28)15(4)24-20(26)16-8-6-7-9-17(16)21(24)27/h5-9,11,15H,1,10,12H2,2-4H3/t15-/m1/s1. The van der Waals surface area contributed by atoms with E-state index in [2.05, 4.69) is 6.58 Å². The van der Waals surface area contributed by atoms with Crippen LogP contribution in [-0.4, -0.2) is 45.7 Å². The van der Waals surface area contributed by atoms with E-state index < -0.39 is 30.4 Å². The van der Waals surface area contributed by atoms with Crippen molar-refractivity contribution in [3.8, 4) is 0 Å². The zero-order valence-electron chi connectivity index (χ0n) is 16.6. The molecule has 2 amide bonds. The maximum Gasteiger partial charge on any atom is 0.329 e. The predicted octanol–water partition coefficient (Wildman–Crippen LogP) is 2.70. The van der Waals surface area contributed by atoms with E-state index >= 15 is 0 Å². The van der Waals surface area contributed by atoms with Gasteiger partial charge < -0.3 is 9.30 Å². The van der Waals surface area contributed by atoms with E-state index in [1.807, 2.05) is 18.4 Å². The second-order valence-corrected chi connectivity index (χ2v) is 6.92. The van der Waals surface area contributed by atoms with Crippen molar-refractivity contribution in [2.75, 3.05) is 6.61 Å². The number of hydrogen-bond donors (Lipinski definition) is 0. The van der Waals surface area contributed by atoms with Crippen molar-refractivity contribution >= 4 is 23.6 Å². The number of ether oxygens (including phenoxy) is 1. The topological polar surface area (TPSA) is 85.7 Å². The van der Waals surface area contributed by atoms with Crippen LogP contribution >= 0.6 is 0 Å². The molecular weight excluding hydrogens is 372 g/mol. The fraction of sp³-hybridized carbons (Fsp3) is 0.273. The number of rotatable bonds is 7. The Morgan fingerprint density at radius 3 is 2.28 bits per heavy atom. The number of carbonyl (C=O) groups excluding carboxylic acids is 4. The van der Waals surface area contributed by atoms with Crippen molar-refractivity contribution < 1.29 is 23.9 Å². The molecule has 0 aliphatic carbocycles. The van der Waals surface area contributed by atoms with Crippen LogP contribution in [-0.2, 0) is 16.1 Å². The van der Waals surface area contributed by atoms with Gasteiger partial charge in [-0.3, -0.25) is 19.3 Å². The number of aromatic nitrogens is 1. The fourth-order valence-electron chi connectivity index (χ4n) is 3.49. The number of carbonyl (C=O) groups is 4. The third-order valence-electron chi connectivity index (χ3n) is 5.09. The Balaban J connectivity index is 1.68. The summed E-state index contributed by atoms with van der Waals surface area (Å²) in [5, 5.41) is 0. The summed E-state index contributed by atoms with van der Waals surface area (Å²) in [5.41, 5.74) is 2.63. The Kier molecular flexibility index (Phi) is 5.50. The molecule has 0 unspecified atom stereocenters. The molecule has 1 aliphatic rings. The molecule has 1 atom stereocenters. The maximum atomic E-state index is 12.5. The van der Waals surface area contributed by atoms with Crippen LogP contribution in [0, 0.1) is 13.8 Å². The molecule has 0 N–H and O–H groups in total. The molecule has 0 bridgehead atoms. The number of Topliss-reactive ketones (excluding diaryl/α,β-unsaturated/α-hetero) is 1. The van der Waals surface area contributed by atoms with Gasteiger partial charge in [-0.15, -0.1) is 6.58 Å². The highest BCUT2D eigenvalue weighted by Crippen LogP contribution is 2.25. The number of ketones is 1. The third kappa shape index (κ3) is 3.51. The molecule has 0 spiro atoms. The fourth-order valence-corrected chi connectivity index (χ4v) is 3.49. The van der Waals surface area contributed by atoms with Crippen LogP contribution in [0.1, 0.15) is 49.4 Å². The van der Waals surface area contributed by atoms with E-state index in [0.717, 1.165) is 16.3 Å². The number of fused-ring (bicyclic) bond motifs is 1. The maximum absolute atomic E-state index is 12.5. The first kappa shape index (κ1) is 20.3. The number of benzene rings is 1. The van der Waals surface area contributed by atoms with E-state index in [9.17, 15) is 19.2 Å². The molecule has 2 aromatic rings. The van der Waals surface area contributed by atoms with Gasteiger partial charge in [0.1, 0.15) is 6.04 Å². The molecule has 1 aliphatic heterocycles. The minimum atomic E-state index is -1.14. The van der Waals surface area contributed by atoms with Gasteiger partial charge in [0.05, 0.1) is 11.1 Å². The van der Waals surface area contributed by atoms with Crippen molar-refractivity contribution in [1.82, 2.24) is 9.47 Å². The van der Waals surface area contributed by atoms with Crippen molar-refractivity contribution in [3.63, 3.8) is 0 Å². The normalized spacial score (nSPS) is 14.0. The van der Waals surface area contributed by atoms with Gasteiger partial charge in [-0.25, -0.2) is 4.79 Å². The molecule has 150 valence electrons. The highest BCUT2D eigenvalue weighted by Gasteiger charge is 2.41. The monoisotopic (exact) mass is 394 g/mol. The second-order valence-electron chi connectivity index (χ2n) is 6.92. The van der Waals surface area contributed by atoms with Crippen LogP contribution < -0.4 is 0 Å². The van der Waals surface area contributed by atoms with E-state index in [1.54, 1.807) is 24.3 Å². The first-order valence-electron chi connectivity index (χ1n) is 9.22. The zero-order chi connectivity index (χ0) is 21.3. The number of hydrogen-bond acceptors (Lipinski definition) is 5. The summed E-state index contributed by atoms with van der Waals surface area (Å²) >= 11 is 0. The summed E-state index contributed by atoms with van der Waals surface area (Å²) in [5.74, 6) is -2.26. The van der Waals surface area contributed by atoms with Crippen LogP contribution in [0.5, 0.6) is 0 Å². The van der Waals surface area contributed by atoms with Crippen LogP contribution in [0.15, 0.2) is 43.0 Å². The summed E-state index contributed by atoms with van der Waals surface area (Å²) in [6, 6.07) is 6.98. The number of aryl methyl sites for hydroxylation is 1. The summed E-state index contributed by atoms with van der Waals surface area (Å²) in [6.07, 6.45) is 1.73. The van der Waals surface area contributed by atoms with E-state index in [1.165, 1.54) is 19.1 Å². The molecule has 7 nitrogen and oxygen atoms in total. The second kappa shape index (κ2) is 7.87. The zero-order valence-corrected chi connectivity index (χ0v) is 16.6. The molecule has 2 heterocycles. The van der Waals surface area contributed by atoms with Crippen molar-refractivity contribution in [2.45, 2.75) is 33.4 Å². The molecule has 29 heavy (non-hydrogen) atoms. The van der Waals surface area contributed by atoms with Crippen LogP contribution in [0.4, 0.5) is 0 Å². The van der Waals surface area contributed by atoms with Gasteiger partial charge in [0, 0.05) is 23.5 Å². The highest BCUT2D eigenvalue weighted by molar-refractivity contribution is 6.22. The van der Waals surface area contributed by atoms with Gasteiger partial charge in [-0.1, -0.05) is 18.2 Å². The highest BCUT2D eigenvalue weighted by atomic mass is 16.5. The first-order valence-corrected chi connectivity index (χ1v) is 9.22. The average molecular weight is 394 g/mol. The van der Waals surface area contributed by atoms with Crippen LogP contribution in [0.25, 0.3) is 0 Å². The molecule has 7 heteroatoms. The van der Waals surface area contributed by atoms with Gasteiger partial charge in [-0.2, -0.15) is 0 Å². The van der Waals surface area contributed by atoms with E-state index in [-0.39, 0.29) is 16.9 Å². The number of allylic oxidation sites excluding steroid dienone is 1. The molecule has 1 aromatic heterocycles. The number of esters is 1. The Labute approximate surface area is 168 Å². The molecule has 1 aromatic carbocycles. The Hall–Kier alpha value is -3.48. The van der Waals surface area contributed by atoms with Gasteiger partial charge in [-0.05, 0) is 39.0 Å². The Morgan fingerprint density at radius 1 is 1.14 bits per heavy atom. The summed E-state index contributed by atoms with van der Waals surface area (Å²) < 4.78 is 7.06. The number of nitrogens with zero attached hydrogens (tertiary/aromatic N) is 2. The predicted molar refractivity (Wildman–Crippen MR) is 106 cm³/mol. The lowest BCUT2D eigenvalue weighted by atomic mass is 10.1. The van der Waals surface area contributed by atoms with Gasteiger partial charge in [0.2, 0.25) is 5.78 Å². The lowest BCUT2D eigenvalue weighted by molar-refractivity contribution is -0.146. The number of amides is 2. The Bertz CT molecular complexity index is 999. The third-order valence-corrected chi connectivity index (χ3v) is 5.09. The molecule has 0 radical (unpaired) electrons. The smallest absolute Gasteiger partial charge is 0.329 e. The summed E-state index contributed by atoms with van der Waals surface area (Å²) in [4.78, 5) is 50.8. The molecule has 3 rings (SSSR count). The first-order chi connectivity index (χ1) is 13.8. The SMILES string of the molecule is C=CCn1c(C)cc(C(=O)COC(=O)[C@@H](C)N2C(=O)c3ccccc3C2=O)c1C. The van der Waals surface area contributed by atoms with Gasteiger partial charge >= 0.3 is 5.97 Å². The molecule has 0 saturated carbocycles. The van der Waals surface area contributed by atoms with Gasteiger partial charge in [0.15, 0.2) is 6.61 Å². The Morgan fingerprint density at radius 2 is 1.72 bits per heavy atom. The van der Waals surface area contributed by atoms with Crippen molar-refractivity contribution in [3.05, 3.63) is 71.1 Å². The van der Waals surface area contributed by atoms with E-state index in [4.69, 9.17) is 4.74 Å². The van der Waals surface area contributed by atoms with Gasteiger partial charge in [0.25, 0.3) is 11.8 Å². The van der Waals surface area contributed by atoms with Crippen LogP contribution in [0.2, 0.25) is 0 Å². The van der Waals surface area contributed by atoms with E-state index in [0.29, 0.717) is 12.1 Å². The van der Waals surface area contributed by atoms with Crippen LogP contribution in [0.3, 0.4) is 0 Å². The molecular formula is C22H22N2O5. The summed E-state index contributed by atoms with van der Waals surface area (Å²) in [7, 11) is 0. The number of imide groups is 1. The molecule has 0 fully saturated rings.